The van der Waals surface area contributed by atoms with Gasteiger partial charge in [0.05, 0.1) is 0 Å². The molecule has 1 aromatic rings. The Morgan fingerprint density at radius 3 is 2.60 bits per heavy atom. The molecule has 0 bridgehead atoms. The van der Waals surface area contributed by atoms with Gasteiger partial charge in [0.15, 0.2) is 0 Å². The number of allylic oxidation sites excluding steroid dienone is 3. The average molecular weight is 336 g/mol. The van der Waals surface area contributed by atoms with Crippen molar-refractivity contribution in [2.75, 3.05) is 14.1 Å². The van der Waals surface area contributed by atoms with E-state index in [4.69, 9.17) is 0 Å². The average Bonchev–Trinajstić information content (AvgIpc) is 2.93. The fourth-order valence-corrected chi connectivity index (χ4v) is 4.89. The van der Waals surface area contributed by atoms with Gasteiger partial charge in [0.25, 0.3) is 0 Å². The fraction of sp³-hybridized carbons (Fsp3) is 0.412. The molecule has 0 saturated carbocycles. The van der Waals surface area contributed by atoms with Crippen LogP contribution >= 0.6 is 0 Å². The van der Waals surface area contributed by atoms with Crippen molar-refractivity contribution in [2.45, 2.75) is 29.2 Å². The zero-order valence-corrected chi connectivity index (χ0v) is 14.1. The van der Waals surface area contributed by atoms with Crippen molar-refractivity contribution in [1.29, 1.82) is 0 Å². The van der Waals surface area contributed by atoms with Crippen LogP contribution in [0.3, 0.4) is 0 Å². The van der Waals surface area contributed by atoms with Crippen molar-refractivity contribution in [3.8, 4) is 0 Å². The molecule has 108 valence electrons. The Kier molecular flexibility index (Phi) is 5.62. The van der Waals surface area contributed by atoms with Crippen molar-refractivity contribution in [2.24, 2.45) is 0 Å². The normalized spacial score (nSPS) is 21.1. The van der Waals surface area contributed by atoms with Crippen molar-refractivity contribution in [1.82, 2.24) is 4.90 Å². The van der Waals surface area contributed by atoms with Crippen molar-refractivity contribution >= 4 is 15.0 Å². The fourth-order valence-electron chi connectivity index (χ4n) is 2.27. The summed E-state index contributed by atoms with van der Waals surface area (Å²) in [5.74, 6) is 0. The van der Waals surface area contributed by atoms with Crippen LogP contribution in [0.2, 0.25) is 10.1 Å². The van der Waals surface area contributed by atoms with Gasteiger partial charge in [0, 0.05) is 0 Å². The van der Waals surface area contributed by atoms with E-state index in [1.54, 1.807) is 0 Å². The van der Waals surface area contributed by atoms with E-state index in [0.29, 0.717) is 25.8 Å². The molecule has 2 unspecified atom stereocenters. The van der Waals surface area contributed by atoms with Crippen LogP contribution in [0.25, 0.3) is 0 Å². The van der Waals surface area contributed by atoms with Crippen molar-refractivity contribution in [3.63, 3.8) is 0 Å². The molecular weight excluding hydrogens is 313 g/mol. The van der Waals surface area contributed by atoms with Gasteiger partial charge in [-0.2, -0.15) is 0 Å². The molecule has 1 aromatic carbocycles. The minimum atomic E-state index is -0.332. The predicted octanol–water partition coefficient (Wildman–Crippen LogP) is 3.08. The Morgan fingerprint density at radius 2 is 1.95 bits per heavy atom. The quantitative estimate of drug-likeness (QED) is 0.807. The Hall–Kier alpha value is -0.861. The SMILES string of the molecule is C[C@H](C1=CC=CC1[Se]CC(O)c1ccccc1)N(C)C. The summed E-state index contributed by atoms with van der Waals surface area (Å²) in [4.78, 5) is 2.77. The van der Waals surface area contributed by atoms with Crippen LogP contribution in [0.1, 0.15) is 18.6 Å². The molecule has 1 aliphatic carbocycles. The summed E-state index contributed by atoms with van der Waals surface area (Å²) in [5, 5.41) is 11.1. The van der Waals surface area contributed by atoms with Gasteiger partial charge in [-0.05, 0) is 0 Å². The third-order valence-corrected chi connectivity index (χ3v) is 6.50. The van der Waals surface area contributed by atoms with E-state index in [-0.39, 0.29) is 6.10 Å². The van der Waals surface area contributed by atoms with Crippen LogP contribution in [-0.4, -0.2) is 45.1 Å². The molecule has 0 fully saturated rings. The summed E-state index contributed by atoms with van der Waals surface area (Å²) in [6.07, 6.45) is 6.36. The maximum atomic E-state index is 10.3. The number of rotatable bonds is 6. The maximum absolute atomic E-state index is 10.3. The van der Waals surface area contributed by atoms with E-state index in [0.717, 1.165) is 10.9 Å². The Balaban J connectivity index is 1.91. The Labute approximate surface area is 128 Å². The molecule has 0 aliphatic heterocycles. The predicted molar refractivity (Wildman–Crippen MR) is 86.1 cm³/mol. The van der Waals surface area contributed by atoms with Crippen LogP contribution in [0.4, 0.5) is 0 Å². The molecule has 0 radical (unpaired) electrons. The number of aliphatic hydroxyl groups excluding tert-OH is 1. The number of hydrogen-bond acceptors (Lipinski definition) is 2. The van der Waals surface area contributed by atoms with Gasteiger partial charge in [-0.1, -0.05) is 0 Å². The second-order valence-electron chi connectivity index (χ2n) is 5.37. The van der Waals surface area contributed by atoms with Gasteiger partial charge in [-0.3, -0.25) is 0 Å². The number of hydrogen-bond donors (Lipinski definition) is 1. The van der Waals surface area contributed by atoms with Gasteiger partial charge in [-0.15, -0.1) is 0 Å². The zero-order valence-electron chi connectivity index (χ0n) is 12.4. The third-order valence-electron chi connectivity index (χ3n) is 3.78. The Morgan fingerprint density at radius 1 is 1.25 bits per heavy atom. The second kappa shape index (κ2) is 7.23. The first-order valence-electron chi connectivity index (χ1n) is 6.99. The summed E-state index contributed by atoms with van der Waals surface area (Å²) < 4.78 is 0. The molecule has 0 saturated heterocycles. The van der Waals surface area contributed by atoms with Crippen LogP contribution in [0.5, 0.6) is 0 Å². The summed E-state index contributed by atoms with van der Waals surface area (Å²) in [5.41, 5.74) is 2.51. The first kappa shape index (κ1) is 15.5. The number of likely N-dealkylation sites (N-methyl/N-ethyl adjacent to an activating group) is 1. The van der Waals surface area contributed by atoms with Gasteiger partial charge < -0.3 is 0 Å². The third kappa shape index (κ3) is 3.83. The molecule has 2 nitrogen and oxygen atoms in total. The van der Waals surface area contributed by atoms with Gasteiger partial charge >= 0.3 is 128 Å². The molecule has 0 heterocycles. The van der Waals surface area contributed by atoms with Crippen LogP contribution < -0.4 is 0 Å². The van der Waals surface area contributed by atoms with Gasteiger partial charge in [0.2, 0.25) is 0 Å². The van der Waals surface area contributed by atoms with E-state index in [2.05, 4.69) is 44.1 Å². The molecule has 0 amide bonds. The van der Waals surface area contributed by atoms with E-state index in [1.165, 1.54) is 5.57 Å². The molecule has 3 heteroatoms. The number of nitrogens with zero attached hydrogens (tertiary/aromatic N) is 1. The minimum absolute atomic E-state index is 0.332. The van der Waals surface area contributed by atoms with Gasteiger partial charge in [-0.25, -0.2) is 0 Å². The van der Waals surface area contributed by atoms with Gasteiger partial charge in [0.1, 0.15) is 0 Å². The summed E-state index contributed by atoms with van der Waals surface area (Å²) >= 11 is 0.387. The number of benzene rings is 1. The van der Waals surface area contributed by atoms with Crippen molar-refractivity contribution < 1.29 is 5.11 Å². The first-order chi connectivity index (χ1) is 9.59. The van der Waals surface area contributed by atoms with E-state index < -0.39 is 0 Å². The molecule has 0 aromatic heterocycles. The second-order valence-corrected chi connectivity index (χ2v) is 7.84. The van der Waals surface area contributed by atoms with E-state index >= 15 is 0 Å². The monoisotopic (exact) mass is 337 g/mol. The summed E-state index contributed by atoms with van der Waals surface area (Å²) in [7, 11) is 4.24. The van der Waals surface area contributed by atoms with Crippen LogP contribution in [0.15, 0.2) is 54.1 Å². The molecule has 0 spiro atoms. The molecular formula is C17H23NOSe. The summed E-state index contributed by atoms with van der Waals surface area (Å²) in [6, 6.07) is 10.4. The molecule has 1 aliphatic rings. The summed E-state index contributed by atoms with van der Waals surface area (Å²) in [6.45, 7) is 2.25. The number of aliphatic hydroxyl groups is 1. The first-order valence-corrected chi connectivity index (χ1v) is 9.19. The molecule has 2 rings (SSSR count). The molecule has 1 N–H and O–H groups in total. The zero-order chi connectivity index (χ0) is 14.5. The van der Waals surface area contributed by atoms with Crippen LogP contribution in [0, 0.1) is 0 Å². The van der Waals surface area contributed by atoms with E-state index in [1.807, 2.05) is 30.3 Å². The molecule has 20 heavy (non-hydrogen) atoms. The van der Waals surface area contributed by atoms with Crippen molar-refractivity contribution in [3.05, 3.63) is 59.7 Å². The topological polar surface area (TPSA) is 23.5 Å². The standard InChI is InChI=1S/C17H23NOSe/c1-13(18(2)3)15-10-7-11-17(15)20-12-16(19)14-8-5-4-6-9-14/h4-11,13,16-17,19H,12H2,1-3H3/t13-,16?,17?/m1/s1. The Bertz CT molecular complexity index is 481. The van der Waals surface area contributed by atoms with Crippen LogP contribution in [-0.2, 0) is 0 Å². The molecule has 3 atom stereocenters. The van der Waals surface area contributed by atoms with E-state index in [9.17, 15) is 5.11 Å².